The van der Waals surface area contributed by atoms with Gasteiger partial charge in [0.1, 0.15) is 0 Å². The average Bonchev–Trinajstić information content (AvgIpc) is 2.18. The normalized spacial score (nSPS) is 25.2. The Hall–Kier alpha value is -0.0800. The van der Waals surface area contributed by atoms with Gasteiger partial charge in [-0.05, 0) is 39.3 Å². The van der Waals surface area contributed by atoms with Gasteiger partial charge in [0.15, 0.2) is 0 Å². The Morgan fingerprint density at radius 3 is 2.25 bits per heavy atom. The van der Waals surface area contributed by atoms with E-state index in [0.717, 1.165) is 6.42 Å². The van der Waals surface area contributed by atoms with Crippen LogP contribution in [0.25, 0.3) is 0 Å². The van der Waals surface area contributed by atoms with Crippen LogP contribution in [0.3, 0.4) is 0 Å². The fraction of sp³-hybridized carbons (Fsp3) is 1.00. The first kappa shape index (κ1) is 10.0. The van der Waals surface area contributed by atoms with Gasteiger partial charge in [0, 0.05) is 5.54 Å². The molecular formula is C10H21NO. The molecule has 12 heavy (non-hydrogen) atoms. The third-order valence-electron chi connectivity index (χ3n) is 3.22. The van der Waals surface area contributed by atoms with E-state index in [2.05, 4.69) is 18.7 Å². The van der Waals surface area contributed by atoms with Crippen LogP contribution < -0.4 is 0 Å². The van der Waals surface area contributed by atoms with E-state index in [1.807, 2.05) is 0 Å². The fourth-order valence-corrected chi connectivity index (χ4v) is 1.87. The summed E-state index contributed by atoms with van der Waals surface area (Å²) in [6.07, 6.45) is 5.01. The minimum absolute atomic E-state index is 0.0421. The second-order valence-electron chi connectivity index (χ2n) is 4.06. The largest absolute Gasteiger partial charge is 0.394 e. The molecule has 0 amide bonds. The minimum atomic E-state index is 0.0421. The van der Waals surface area contributed by atoms with Crippen LogP contribution in [0.4, 0.5) is 0 Å². The molecule has 2 nitrogen and oxygen atoms in total. The number of hydrogen-bond acceptors (Lipinski definition) is 2. The first-order valence-corrected chi connectivity index (χ1v) is 5.09. The summed E-state index contributed by atoms with van der Waals surface area (Å²) in [6.45, 7) is 6.96. The number of piperidine rings is 1. The molecule has 0 aromatic heterocycles. The van der Waals surface area contributed by atoms with Crippen molar-refractivity contribution >= 4 is 0 Å². The summed E-state index contributed by atoms with van der Waals surface area (Å²) in [7, 11) is 0. The van der Waals surface area contributed by atoms with Crippen molar-refractivity contribution in [2.75, 3.05) is 19.7 Å². The van der Waals surface area contributed by atoms with Gasteiger partial charge in [-0.15, -0.1) is 0 Å². The zero-order valence-corrected chi connectivity index (χ0v) is 8.34. The maximum absolute atomic E-state index is 9.30. The molecule has 0 spiro atoms. The van der Waals surface area contributed by atoms with Crippen molar-refractivity contribution in [1.82, 2.24) is 4.90 Å². The second-order valence-corrected chi connectivity index (χ2v) is 4.06. The van der Waals surface area contributed by atoms with Crippen LogP contribution in [0.15, 0.2) is 0 Å². The zero-order chi connectivity index (χ0) is 9.03. The highest BCUT2D eigenvalue weighted by Crippen LogP contribution is 2.23. The van der Waals surface area contributed by atoms with E-state index in [9.17, 15) is 5.11 Å². The summed E-state index contributed by atoms with van der Waals surface area (Å²) in [5, 5.41) is 9.30. The van der Waals surface area contributed by atoms with Crippen molar-refractivity contribution in [1.29, 1.82) is 0 Å². The zero-order valence-electron chi connectivity index (χ0n) is 8.34. The Morgan fingerprint density at radius 1 is 1.25 bits per heavy atom. The lowest BCUT2D eigenvalue weighted by Crippen LogP contribution is -2.50. The minimum Gasteiger partial charge on any atom is -0.394 e. The highest BCUT2D eigenvalue weighted by atomic mass is 16.3. The molecule has 1 atom stereocenters. The fourth-order valence-electron chi connectivity index (χ4n) is 1.87. The van der Waals surface area contributed by atoms with Gasteiger partial charge in [-0.1, -0.05) is 13.3 Å². The van der Waals surface area contributed by atoms with Crippen molar-refractivity contribution in [3.63, 3.8) is 0 Å². The summed E-state index contributed by atoms with van der Waals surface area (Å²) in [5.41, 5.74) is 0.0421. The van der Waals surface area contributed by atoms with Crippen LogP contribution in [-0.2, 0) is 0 Å². The first-order chi connectivity index (χ1) is 5.73. The van der Waals surface area contributed by atoms with Crippen molar-refractivity contribution in [3.05, 3.63) is 0 Å². The summed E-state index contributed by atoms with van der Waals surface area (Å²) in [6, 6.07) is 0. The lowest BCUT2D eigenvalue weighted by atomic mass is 9.94. The van der Waals surface area contributed by atoms with E-state index in [0.29, 0.717) is 6.61 Å². The van der Waals surface area contributed by atoms with Crippen LogP contribution >= 0.6 is 0 Å². The molecule has 1 fully saturated rings. The summed E-state index contributed by atoms with van der Waals surface area (Å²) < 4.78 is 0. The summed E-state index contributed by atoms with van der Waals surface area (Å²) >= 11 is 0. The maximum atomic E-state index is 9.30. The van der Waals surface area contributed by atoms with Crippen molar-refractivity contribution < 1.29 is 5.11 Å². The van der Waals surface area contributed by atoms with E-state index in [1.165, 1.54) is 32.4 Å². The lowest BCUT2D eigenvalue weighted by molar-refractivity contribution is 0.0261. The molecule has 0 aromatic carbocycles. The smallest absolute Gasteiger partial charge is 0.0612 e. The number of likely N-dealkylation sites (tertiary alicyclic amines) is 1. The molecule has 1 rings (SSSR count). The highest BCUT2D eigenvalue weighted by Gasteiger charge is 2.29. The topological polar surface area (TPSA) is 23.5 Å². The van der Waals surface area contributed by atoms with E-state index in [1.54, 1.807) is 0 Å². The molecular weight excluding hydrogens is 150 g/mol. The summed E-state index contributed by atoms with van der Waals surface area (Å²) in [4.78, 5) is 2.44. The van der Waals surface area contributed by atoms with Crippen molar-refractivity contribution in [2.45, 2.75) is 45.1 Å². The van der Waals surface area contributed by atoms with Crippen LogP contribution in [0.5, 0.6) is 0 Å². The monoisotopic (exact) mass is 171 g/mol. The molecule has 1 aliphatic rings. The van der Waals surface area contributed by atoms with E-state index in [4.69, 9.17) is 0 Å². The van der Waals surface area contributed by atoms with Gasteiger partial charge in [0.2, 0.25) is 0 Å². The molecule has 1 heterocycles. The Labute approximate surface area is 75.6 Å². The molecule has 0 radical (unpaired) electrons. The molecule has 72 valence electrons. The predicted octanol–water partition coefficient (Wildman–Crippen LogP) is 1.63. The molecule has 1 unspecified atom stereocenters. The molecule has 0 aromatic rings. The van der Waals surface area contributed by atoms with Gasteiger partial charge in [-0.2, -0.15) is 0 Å². The Bertz CT molecular complexity index is 126. The van der Waals surface area contributed by atoms with E-state index < -0.39 is 0 Å². The van der Waals surface area contributed by atoms with Gasteiger partial charge < -0.3 is 5.11 Å². The van der Waals surface area contributed by atoms with Crippen LogP contribution in [0.1, 0.15) is 39.5 Å². The number of rotatable bonds is 3. The van der Waals surface area contributed by atoms with Crippen LogP contribution in [0.2, 0.25) is 0 Å². The van der Waals surface area contributed by atoms with Crippen molar-refractivity contribution in [3.8, 4) is 0 Å². The number of aliphatic hydroxyl groups is 1. The van der Waals surface area contributed by atoms with Gasteiger partial charge in [-0.25, -0.2) is 0 Å². The SMILES string of the molecule is CCC(C)(CO)N1CCCCC1. The third kappa shape index (κ3) is 1.99. The third-order valence-corrected chi connectivity index (χ3v) is 3.22. The number of nitrogens with zero attached hydrogens (tertiary/aromatic N) is 1. The molecule has 1 saturated heterocycles. The van der Waals surface area contributed by atoms with Crippen LogP contribution in [0, 0.1) is 0 Å². The van der Waals surface area contributed by atoms with E-state index >= 15 is 0 Å². The predicted molar refractivity (Wildman–Crippen MR) is 51.2 cm³/mol. The van der Waals surface area contributed by atoms with Crippen molar-refractivity contribution in [2.24, 2.45) is 0 Å². The molecule has 2 heteroatoms. The second kappa shape index (κ2) is 4.24. The maximum Gasteiger partial charge on any atom is 0.0612 e. The summed E-state index contributed by atoms with van der Waals surface area (Å²) in [5.74, 6) is 0. The van der Waals surface area contributed by atoms with Gasteiger partial charge in [-0.3, -0.25) is 4.90 Å². The van der Waals surface area contributed by atoms with Gasteiger partial charge in [0.05, 0.1) is 6.61 Å². The quantitative estimate of drug-likeness (QED) is 0.697. The highest BCUT2D eigenvalue weighted by molar-refractivity contribution is 4.85. The first-order valence-electron chi connectivity index (χ1n) is 5.09. The van der Waals surface area contributed by atoms with E-state index in [-0.39, 0.29) is 5.54 Å². The Morgan fingerprint density at radius 2 is 1.83 bits per heavy atom. The Balaban J connectivity index is 2.51. The van der Waals surface area contributed by atoms with Crippen LogP contribution in [-0.4, -0.2) is 35.2 Å². The van der Waals surface area contributed by atoms with Gasteiger partial charge in [0.25, 0.3) is 0 Å². The standard InChI is InChI=1S/C10H21NO/c1-3-10(2,9-12)11-7-5-4-6-8-11/h12H,3-9H2,1-2H3. The number of hydrogen-bond donors (Lipinski definition) is 1. The molecule has 0 bridgehead atoms. The molecule has 0 saturated carbocycles. The molecule has 1 aliphatic heterocycles. The van der Waals surface area contributed by atoms with Gasteiger partial charge >= 0.3 is 0 Å². The molecule has 1 N–H and O–H groups in total. The average molecular weight is 171 g/mol. The lowest BCUT2D eigenvalue weighted by Gasteiger charge is -2.41. The molecule has 0 aliphatic carbocycles. The Kier molecular flexibility index (Phi) is 3.53. The number of aliphatic hydroxyl groups excluding tert-OH is 1.